The second-order valence-corrected chi connectivity index (χ2v) is 5.70. The number of rotatable bonds is 4. The standard InChI is InChI=1S/C12H13FN4O2S/c1-8-3-2-4-9(13)12(8)17-20(18,19)11-7-15-6-5-10(11)16-14/h2-7,17H,14H2,1H3,(H,15,16). The molecule has 0 atom stereocenters. The SMILES string of the molecule is Cc1cccc(F)c1NS(=O)(=O)c1cnccc1NN. The molecule has 0 spiro atoms. The lowest BCUT2D eigenvalue weighted by Gasteiger charge is -2.13. The molecule has 0 aliphatic carbocycles. The molecule has 4 N–H and O–H groups in total. The number of anilines is 2. The average Bonchev–Trinajstić information content (AvgIpc) is 2.43. The third-order valence-corrected chi connectivity index (χ3v) is 4.07. The number of hydrogen-bond donors (Lipinski definition) is 3. The van der Waals surface area contributed by atoms with E-state index in [2.05, 4.69) is 15.1 Å². The minimum absolute atomic E-state index is 0.0978. The Morgan fingerprint density at radius 3 is 2.70 bits per heavy atom. The number of pyridine rings is 1. The molecule has 6 nitrogen and oxygen atoms in total. The van der Waals surface area contributed by atoms with Gasteiger partial charge in [0.05, 0.1) is 11.4 Å². The number of nitrogens with two attached hydrogens (primary N) is 1. The lowest BCUT2D eigenvalue weighted by Crippen LogP contribution is -2.19. The summed E-state index contributed by atoms with van der Waals surface area (Å²) >= 11 is 0. The molecule has 0 radical (unpaired) electrons. The molecule has 20 heavy (non-hydrogen) atoms. The maximum Gasteiger partial charge on any atom is 0.265 e. The predicted molar refractivity (Wildman–Crippen MR) is 74.0 cm³/mol. The summed E-state index contributed by atoms with van der Waals surface area (Å²) in [6.07, 6.45) is 2.52. The van der Waals surface area contributed by atoms with Crippen LogP contribution in [0.15, 0.2) is 41.6 Å². The van der Waals surface area contributed by atoms with Crippen molar-refractivity contribution in [2.45, 2.75) is 11.8 Å². The van der Waals surface area contributed by atoms with Gasteiger partial charge in [-0.3, -0.25) is 15.5 Å². The fourth-order valence-corrected chi connectivity index (χ4v) is 2.92. The van der Waals surface area contributed by atoms with Crippen molar-refractivity contribution in [3.8, 4) is 0 Å². The van der Waals surface area contributed by atoms with Crippen LogP contribution in [-0.4, -0.2) is 13.4 Å². The van der Waals surface area contributed by atoms with Crippen molar-refractivity contribution in [3.63, 3.8) is 0 Å². The number of nitrogen functional groups attached to an aromatic ring is 1. The van der Waals surface area contributed by atoms with Crippen molar-refractivity contribution in [1.82, 2.24) is 4.98 Å². The van der Waals surface area contributed by atoms with Crippen LogP contribution < -0.4 is 16.0 Å². The zero-order chi connectivity index (χ0) is 14.8. The smallest absolute Gasteiger partial charge is 0.265 e. The largest absolute Gasteiger partial charge is 0.323 e. The number of aryl methyl sites for hydroxylation is 1. The maximum atomic E-state index is 13.7. The highest BCUT2D eigenvalue weighted by atomic mass is 32.2. The van der Waals surface area contributed by atoms with Crippen LogP contribution in [0.2, 0.25) is 0 Å². The summed E-state index contributed by atoms with van der Waals surface area (Å²) in [7, 11) is -4.00. The van der Waals surface area contributed by atoms with Crippen LogP contribution in [0.1, 0.15) is 5.56 Å². The Morgan fingerprint density at radius 1 is 1.30 bits per heavy atom. The zero-order valence-corrected chi connectivity index (χ0v) is 11.4. The highest BCUT2D eigenvalue weighted by Gasteiger charge is 2.21. The molecule has 0 saturated carbocycles. The number of nitrogens with zero attached hydrogens (tertiary/aromatic N) is 1. The van der Waals surface area contributed by atoms with Gasteiger partial charge in [0.2, 0.25) is 0 Å². The lowest BCUT2D eigenvalue weighted by atomic mass is 10.2. The molecule has 0 aliphatic rings. The molecule has 2 rings (SSSR count). The van der Waals surface area contributed by atoms with E-state index in [4.69, 9.17) is 5.84 Å². The molecule has 106 valence electrons. The lowest BCUT2D eigenvalue weighted by molar-refractivity contribution is 0.598. The van der Waals surface area contributed by atoms with Crippen molar-refractivity contribution in [3.05, 3.63) is 48.0 Å². The van der Waals surface area contributed by atoms with Gasteiger partial charge in [0.25, 0.3) is 10.0 Å². The van der Waals surface area contributed by atoms with E-state index in [1.165, 1.54) is 24.4 Å². The molecule has 0 fully saturated rings. The minimum atomic E-state index is -4.00. The number of nitrogens with one attached hydrogen (secondary N) is 2. The summed E-state index contributed by atoms with van der Waals surface area (Å²) in [4.78, 5) is 3.58. The summed E-state index contributed by atoms with van der Waals surface area (Å²) in [5.41, 5.74) is 2.81. The van der Waals surface area contributed by atoms with Crippen molar-refractivity contribution < 1.29 is 12.8 Å². The quantitative estimate of drug-likeness (QED) is 0.588. The topological polar surface area (TPSA) is 97.1 Å². The van der Waals surface area contributed by atoms with Crippen molar-refractivity contribution >= 4 is 21.4 Å². The Hall–Kier alpha value is -2.19. The number of hydrazine groups is 1. The van der Waals surface area contributed by atoms with Crippen LogP contribution in [-0.2, 0) is 10.0 Å². The molecule has 0 amide bonds. The first-order valence-electron chi connectivity index (χ1n) is 5.64. The Kier molecular flexibility index (Phi) is 3.86. The molecule has 8 heteroatoms. The Balaban J connectivity index is 2.47. The van der Waals surface area contributed by atoms with E-state index in [-0.39, 0.29) is 16.3 Å². The van der Waals surface area contributed by atoms with E-state index in [1.54, 1.807) is 13.0 Å². The van der Waals surface area contributed by atoms with Crippen molar-refractivity contribution in [2.75, 3.05) is 10.1 Å². The van der Waals surface area contributed by atoms with Crippen LogP contribution >= 0.6 is 0 Å². The number of hydrogen-bond acceptors (Lipinski definition) is 5. The van der Waals surface area contributed by atoms with E-state index < -0.39 is 15.8 Å². The molecule has 0 unspecified atom stereocenters. The highest BCUT2D eigenvalue weighted by Crippen LogP contribution is 2.25. The van der Waals surface area contributed by atoms with E-state index in [1.807, 2.05) is 0 Å². The molecule has 0 bridgehead atoms. The van der Waals surface area contributed by atoms with Gasteiger partial charge in [-0.2, -0.15) is 0 Å². The molecular formula is C12H13FN4O2S. The van der Waals surface area contributed by atoms with Crippen molar-refractivity contribution in [1.29, 1.82) is 0 Å². The third kappa shape index (κ3) is 2.70. The number of para-hydroxylation sites is 1. The van der Waals surface area contributed by atoms with Gasteiger partial charge in [-0.15, -0.1) is 0 Å². The first-order valence-corrected chi connectivity index (χ1v) is 7.12. The van der Waals surface area contributed by atoms with E-state index in [0.717, 1.165) is 6.20 Å². The van der Waals surface area contributed by atoms with Gasteiger partial charge in [-0.1, -0.05) is 12.1 Å². The Bertz CT molecular complexity index is 714. The fraction of sp³-hybridized carbons (Fsp3) is 0.0833. The summed E-state index contributed by atoms with van der Waals surface area (Å²) < 4.78 is 40.4. The van der Waals surface area contributed by atoms with E-state index >= 15 is 0 Å². The fourth-order valence-electron chi connectivity index (χ4n) is 1.66. The van der Waals surface area contributed by atoms with Gasteiger partial charge < -0.3 is 5.43 Å². The molecule has 1 heterocycles. The molecule has 0 saturated heterocycles. The molecule has 2 aromatic rings. The zero-order valence-electron chi connectivity index (χ0n) is 10.6. The number of halogens is 1. The van der Waals surface area contributed by atoms with Gasteiger partial charge >= 0.3 is 0 Å². The van der Waals surface area contributed by atoms with Gasteiger partial charge in [0, 0.05) is 12.4 Å². The van der Waals surface area contributed by atoms with Gasteiger partial charge in [-0.05, 0) is 24.6 Å². The average molecular weight is 296 g/mol. The Morgan fingerprint density at radius 2 is 2.05 bits per heavy atom. The maximum absolute atomic E-state index is 13.7. The van der Waals surface area contributed by atoms with Crippen molar-refractivity contribution in [2.24, 2.45) is 5.84 Å². The van der Waals surface area contributed by atoms with Gasteiger partial charge in [-0.25, -0.2) is 12.8 Å². The van der Waals surface area contributed by atoms with Crippen LogP contribution in [0.5, 0.6) is 0 Å². The summed E-state index contributed by atoms with van der Waals surface area (Å²) in [5, 5.41) is 0. The van der Waals surface area contributed by atoms with Gasteiger partial charge in [0.1, 0.15) is 10.7 Å². The normalized spacial score (nSPS) is 11.2. The summed E-state index contributed by atoms with van der Waals surface area (Å²) in [5.74, 6) is 4.60. The monoisotopic (exact) mass is 296 g/mol. The number of sulfonamides is 1. The van der Waals surface area contributed by atoms with E-state index in [0.29, 0.717) is 5.56 Å². The highest BCUT2D eigenvalue weighted by molar-refractivity contribution is 7.92. The van der Waals surface area contributed by atoms with Crippen LogP contribution in [0.4, 0.5) is 15.8 Å². The third-order valence-electron chi connectivity index (χ3n) is 2.69. The van der Waals surface area contributed by atoms with Crippen LogP contribution in [0.3, 0.4) is 0 Å². The second-order valence-electron chi connectivity index (χ2n) is 4.05. The first kappa shape index (κ1) is 14.2. The Labute approximate surface area is 115 Å². The van der Waals surface area contributed by atoms with E-state index in [9.17, 15) is 12.8 Å². The number of aromatic nitrogens is 1. The van der Waals surface area contributed by atoms with Crippen LogP contribution in [0.25, 0.3) is 0 Å². The summed E-state index contributed by atoms with van der Waals surface area (Å²) in [6, 6.07) is 5.69. The minimum Gasteiger partial charge on any atom is -0.323 e. The van der Waals surface area contributed by atoms with Crippen LogP contribution in [0, 0.1) is 12.7 Å². The number of benzene rings is 1. The first-order chi connectivity index (χ1) is 9.45. The molecular weight excluding hydrogens is 283 g/mol. The molecule has 1 aromatic carbocycles. The van der Waals surface area contributed by atoms with Gasteiger partial charge in [0.15, 0.2) is 0 Å². The predicted octanol–water partition coefficient (Wildman–Crippen LogP) is 1.62. The molecule has 1 aromatic heterocycles. The summed E-state index contributed by atoms with van der Waals surface area (Å²) in [6.45, 7) is 1.60. The second kappa shape index (κ2) is 5.43. The molecule has 0 aliphatic heterocycles.